The van der Waals surface area contributed by atoms with Crippen LogP contribution in [0.4, 0.5) is 0 Å². The number of carbonyl (C=O) groups is 1. The van der Waals surface area contributed by atoms with E-state index in [1.54, 1.807) is 11.0 Å². The summed E-state index contributed by atoms with van der Waals surface area (Å²) in [4.78, 5) is 14.3. The van der Waals surface area contributed by atoms with Crippen molar-refractivity contribution in [3.63, 3.8) is 0 Å². The number of carbonyl (C=O) groups excluding carboxylic acids is 1. The van der Waals surface area contributed by atoms with Crippen LogP contribution in [0.5, 0.6) is 0 Å². The number of benzene rings is 2. The lowest BCUT2D eigenvalue weighted by molar-refractivity contribution is -0.127. The molecule has 3 rings (SSSR count). The molecule has 122 valence electrons. The number of amides is 1. The molecule has 1 fully saturated rings. The van der Waals surface area contributed by atoms with E-state index in [0.717, 1.165) is 16.8 Å². The number of allylic oxidation sites excluding steroid dienone is 2. The molecular formula is C21H21NO2. The topological polar surface area (TPSA) is 29.5 Å². The van der Waals surface area contributed by atoms with Gasteiger partial charge in [-0.3, -0.25) is 4.79 Å². The van der Waals surface area contributed by atoms with E-state index in [9.17, 15) is 4.79 Å². The van der Waals surface area contributed by atoms with Crippen molar-refractivity contribution in [1.29, 1.82) is 0 Å². The molecule has 3 nitrogen and oxygen atoms in total. The smallest absolute Gasteiger partial charge is 0.230 e. The highest BCUT2D eigenvalue weighted by molar-refractivity contribution is 5.82. The van der Waals surface area contributed by atoms with Gasteiger partial charge in [0.15, 0.2) is 0 Å². The van der Waals surface area contributed by atoms with E-state index >= 15 is 0 Å². The van der Waals surface area contributed by atoms with Gasteiger partial charge in [-0.05, 0) is 17.2 Å². The summed E-state index contributed by atoms with van der Waals surface area (Å²) in [5.74, 6) is 0.0880. The fourth-order valence-corrected chi connectivity index (χ4v) is 2.87. The highest BCUT2D eigenvalue weighted by Crippen LogP contribution is 2.28. The quantitative estimate of drug-likeness (QED) is 0.803. The van der Waals surface area contributed by atoms with Gasteiger partial charge in [0.2, 0.25) is 5.91 Å². The van der Waals surface area contributed by atoms with Crippen molar-refractivity contribution in [2.24, 2.45) is 0 Å². The molecule has 1 aliphatic heterocycles. The zero-order valence-corrected chi connectivity index (χ0v) is 13.6. The Morgan fingerprint density at radius 1 is 1.04 bits per heavy atom. The predicted molar refractivity (Wildman–Crippen MR) is 94.9 cm³/mol. The summed E-state index contributed by atoms with van der Waals surface area (Å²) in [6.45, 7) is 4.83. The predicted octanol–water partition coefficient (Wildman–Crippen LogP) is 4.07. The van der Waals surface area contributed by atoms with E-state index in [2.05, 4.69) is 6.58 Å². The van der Waals surface area contributed by atoms with Crippen LogP contribution >= 0.6 is 0 Å². The maximum Gasteiger partial charge on any atom is 0.230 e. The van der Waals surface area contributed by atoms with E-state index < -0.39 is 0 Å². The van der Waals surface area contributed by atoms with Crippen molar-refractivity contribution in [2.45, 2.75) is 25.7 Å². The molecule has 0 N–H and O–H groups in total. The van der Waals surface area contributed by atoms with E-state index in [-0.39, 0.29) is 12.0 Å². The van der Waals surface area contributed by atoms with Crippen LogP contribution in [0.15, 0.2) is 85.1 Å². The van der Waals surface area contributed by atoms with Gasteiger partial charge in [0.1, 0.15) is 6.10 Å². The van der Waals surface area contributed by atoms with E-state index in [4.69, 9.17) is 4.74 Å². The monoisotopic (exact) mass is 319 g/mol. The van der Waals surface area contributed by atoms with Crippen LogP contribution in [0.1, 0.15) is 17.5 Å². The van der Waals surface area contributed by atoms with Crippen molar-refractivity contribution >= 4 is 5.91 Å². The Kier molecular flexibility index (Phi) is 5.24. The summed E-state index contributed by atoms with van der Waals surface area (Å²) in [7, 11) is 0. The van der Waals surface area contributed by atoms with Crippen molar-refractivity contribution in [2.75, 3.05) is 0 Å². The van der Waals surface area contributed by atoms with E-state index in [0.29, 0.717) is 19.6 Å². The van der Waals surface area contributed by atoms with Crippen LogP contribution in [0.3, 0.4) is 0 Å². The second-order valence-corrected chi connectivity index (χ2v) is 5.78. The first-order valence-electron chi connectivity index (χ1n) is 8.10. The summed E-state index contributed by atoms with van der Waals surface area (Å²) in [6, 6.07) is 20.0. The maximum atomic E-state index is 12.5. The fourth-order valence-electron chi connectivity index (χ4n) is 2.87. The van der Waals surface area contributed by atoms with Gasteiger partial charge in [-0.15, -0.1) is 0 Å². The zero-order valence-electron chi connectivity index (χ0n) is 13.6. The molecule has 1 saturated heterocycles. The molecule has 0 spiro atoms. The number of hydrogen-bond acceptors (Lipinski definition) is 2. The van der Waals surface area contributed by atoms with Gasteiger partial charge in [-0.25, -0.2) is 0 Å². The first kappa shape index (κ1) is 16.2. The second-order valence-electron chi connectivity index (χ2n) is 5.78. The molecule has 0 radical (unpaired) electrons. The summed E-state index contributed by atoms with van der Waals surface area (Å²) < 4.78 is 6.01. The lowest BCUT2D eigenvalue weighted by Gasteiger charge is -2.21. The van der Waals surface area contributed by atoms with Crippen molar-refractivity contribution in [3.05, 3.63) is 96.2 Å². The van der Waals surface area contributed by atoms with Crippen LogP contribution in [0.2, 0.25) is 0 Å². The summed E-state index contributed by atoms with van der Waals surface area (Å²) in [6.07, 6.45) is 3.74. The van der Waals surface area contributed by atoms with Gasteiger partial charge in [0, 0.05) is 0 Å². The lowest BCUT2D eigenvalue weighted by Crippen LogP contribution is -2.24. The normalized spacial score (nSPS) is 19.0. The molecule has 0 aromatic heterocycles. The molecule has 2 aromatic rings. The minimum absolute atomic E-state index is 0.0880. The van der Waals surface area contributed by atoms with Crippen LogP contribution < -0.4 is 0 Å². The highest BCUT2D eigenvalue weighted by Gasteiger charge is 2.35. The highest BCUT2D eigenvalue weighted by atomic mass is 16.5. The molecule has 1 heterocycles. The Labute approximate surface area is 142 Å². The fraction of sp³-hybridized carbons (Fsp3) is 0.190. The third-order valence-electron chi connectivity index (χ3n) is 4.07. The Balaban J connectivity index is 1.72. The molecule has 1 amide bonds. The third-order valence-corrected chi connectivity index (χ3v) is 4.07. The standard InChI is InChI=1S/C21H21NO2/c1-2-9-19-20(24-16-18-12-7-4-8-13-18)14-21(23)22(19)15-17-10-5-3-6-11-17/h2-13,20H,1,14-16H2/b19-9-/t20-/m1/s1. The van der Waals surface area contributed by atoms with Gasteiger partial charge >= 0.3 is 0 Å². The second kappa shape index (κ2) is 7.75. The Morgan fingerprint density at radius 3 is 2.29 bits per heavy atom. The largest absolute Gasteiger partial charge is 0.367 e. The van der Waals surface area contributed by atoms with Crippen LogP contribution in [0, 0.1) is 0 Å². The minimum atomic E-state index is -0.223. The molecule has 0 unspecified atom stereocenters. The zero-order chi connectivity index (χ0) is 16.8. The summed E-state index contributed by atoms with van der Waals surface area (Å²) in [5.41, 5.74) is 3.09. The molecule has 1 atom stereocenters. The van der Waals surface area contributed by atoms with Crippen LogP contribution in [-0.2, 0) is 22.7 Å². The van der Waals surface area contributed by atoms with Gasteiger partial charge in [0.05, 0.1) is 25.3 Å². The first-order valence-corrected chi connectivity index (χ1v) is 8.10. The number of likely N-dealkylation sites (tertiary alicyclic amines) is 1. The first-order chi connectivity index (χ1) is 11.8. The van der Waals surface area contributed by atoms with Crippen molar-refractivity contribution < 1.29 is 9.53 Å². The molecule has 1 aliphatic rings. The Bertz CT molecular complexity index is 722. The maximum absolute atomic E-state index is 12.5. The SMILES string of the molecule is C=C/C=C1/[C@H](OCc2ccccc2)CC(=O)N1Cc1ccccc1. The van der Waals surface area contributed by atoms with Crippen LogP contribution in [0.25, 0.3) is 0 Å². The average molecular weight is 319 g/mol. The minimum Gasteiger partial charge on any atom is -0.367 e. The average Bonchev–Trinajstić information content (AvgIpc) is 2.91. The number of rotatable bonds is 6. The number of hydrogen-bond donors (Lipinski definition) is 0. The van der Waals surface area contributed by atoms with Crippen LogP contribution in [-0.4, -0.2) is 16.9 Å². The van der Waals surface area contributed by atoms with E-state index in [1.807, 2.05) is 66.7 Å². The van der Waals surface area contributed by atoms with Crippen molar-refractivity contribution in [3.8, 4) is 0 Å². The molecule has 0 saturated carbocycles. The summed E-state index contributed by atoms with van der Waals surface area (Å²) >= 11 is 0. The number of ether oxygens (including phenoxy) is 1. The molecular weight excluding hydrogens is 298 g/mol. The van der Waals surface area contributed by atoms with E-state index in [1.165, 1.54) is 0 Å². The molecule has 3 heteroatoms. The van der Waals surface area contributed by atoms with Gasteiger partial charge in [-0.2, -0.15) is 0 Å². The van der Waals surface area contributed by atoms with Gasteiger partial charge < -0.3 is 9.64 Å². The van der Waals surface area contributed by atoms with Gasteiger partial charge in [-0.1, -0.05) is 73.3 Å². The molecule has 0 bridgehead atoms. The number of nitrogens with zero attached hydrogens (tertiary/aromatic N) is 1. The van der Waals surface area contributed by atoms with Gasteiger partial charge in [0.25, 0.3) is 0 Å². The van der Waals surface area contributed by atoms with Crippen molar-refractivity contribution in [1.82, 2.24) is 4.90 Å². The third kappa shape index (κ3) is 3.81. The summed E-state index contributed by atoms with van der Waals surface area (Å²) in [5, 5.41) is 0. The molecule has 24 heavy (non-hydrogen) atoms. The Hall–Kier alpha value is -2.65. The molecule has 2 aromatic carbocycles. The Morgan fingerprint density at radius 2 is 1.67 bits per heavy atom. The lowest BCUT2D eigenvalue weighted by atomic mass is 10.2. The molecule has 0 aliphatic carbocycles.